The topological polar surface area (TPSA) is 0 Å². The van der Waals surface area contributed by atoms with E-state index in [1.807, 2.05) is 0 Å². The van der Waals surface area contributed by atoms with Crippen molar-refractivity contribution in [2.24, 2.45) is 108 Å². The maximum Gasteiger partial charge on any atom is -0.0241 e. The third-order valence-corrected chi connectivity index (χ3v) is 30.3. The quantitative estimate of drug-likeness (QED) is 0.137. The van der Waals surface area contributed by atoms with Crippen LogP contribution >= 0.6 is 0 Å². The molecule has 0 aromatic rings. The molecule has 0 saturated carbocycles. The van der Waals surface area contributed by atoms with E-state index in [0.29, 0.717) is 0 Å². The van der Waals surface area contributed by atoms with Crippen molar-refractivity contribution in [3.8, 4) is 0 Å². The first-order valence-electron chi connectivity index (χ1n) is 25.8. The highest BCUT2D eigenvalue weighted by atomic mass is 14.8. The second-order valence-electron chi connectivity index (χ2n) is 33.8. The summed E-state index contributed by atoms with van der Waals surface area (Å²) in [5.41, 5.74) is 0.0420. The standard InChI is InChI=1S/C62H126/c1-43(2,3)45(7,8)47(11,12)49(15,16)51(19,20)53(23,24)55(27,28)57(31,32)59(35,36)61(39,40)62(41,42)60(37,38)58(33,34)56(29,30)54(25,26)52(21,22)50(17,18)48(13,14)46(9,10)44(4,5)6/h1-42H3. The predicted octanol–water partition coefficient (Wildman–Crippen LogP) is 21.6. The molecule has 62 heavy (non-hydrogen) atoms. The van der Waals surface area contributed by atoms with Crippen LogP contribution in [0.1, 0.15) is 291 Å². The lowest BCUT2D eigenvalue weighted by molar-refractivity contribution is -0.267. The Labute approximate surface area is 397 Å². The molecule has 0 amide bonds. The first-order valence-corrected chi connectivity index (χ1v) is 25.8. The van der Waals surface area contributed by atoms with Crippen LogP contribution in [-0.4, -0.2) is 0 Å². The number of hydrogen-bond acceptors (Lipinski definition) is 0. The smallest absolute Gasteiger partial charge is 0.0241 e. The normalized spacial score (nSPS) is 17.5. The maximum atomic E-state index is 2.65. The molecule has 0 aromatic carbocycles. The Kier molecular flexibility index (Phi) is 15.2. The Morgan fingerprint density at radius 2 is 0.129 bits per heavy atom. The van der Waals surface area contributed by atoms with Gasteiger partial charge < -0.3 is 0 Å². The molecule has 0 aromatic heterocycles. The average Bonchev–Trinajstić information content (AvgIpc) is 3.01. The van der Waals surface area contributed by atoms with Gasteiger partial charge in [0.2, 0.25) is 0 Å². The molecular formula is C62H126. The molecule has 0 nitrogen and oxygen atoms in total. The van der Waals surface area contributed by atoms with Crippen LogP contribution in [0.25, 0.3) is 0 Å². The van der Waals surface area contributed by atoms with E-state index in [-0.39, 0.29) is 108 Å². The van der Waals surface area contributed by atoms with Crippen molar-refractivity contribution in [3.05, 3.63) is 0 Å². The summed E-state index contributed by atoms with van der Waals surface area (Å²) in [4.78, 5) is 0. The van der Waals surface area contributed by atoms with E-state index in [2.05, 4.69) is 291 Å². The summed E-state index contributed by atoms with van der Waals surface area (Å²) < 4.78 is 0. The van der Waals surface area contributed by atoms with Crippen LogP contribution in [0.4, 0.5) is 0 Å². The second kappa shape index (κ2) is 15.2. The van der Waals surface area contributed by atoms with Gasteiger partial charge in [-0.1, -0.05) is 291 Å². The van der Waals surface area contributed by atoms with E-state index in [9.17, 15) is 0 Å². The highest BCUT2D eigenvalue weighted by Crippen LogP contribution is 2.79. The molecule has 0 bridgehead atoms. The first-order chi connectivity index (χ1) is 25.8. The molecular weight excluding hydrogens is 745 g/mol. The van der Waals surface area contributed by atoms with Crippen LogP contribution in [0.5, 0.6) is 0 Å². The van der Waals surface area contributed by atoms with Crippen LogP contribution in [0.2, 0.25) is 0 Å². The number of rotatable bonds is 17. The minimum Gasteiger partial charge on any atom is -0.0596 e. The van der Waals surface area contributed by atoms with Gasteiger partial charge in [-0.05, 0) is 108 Å². The molecule has 374 valence electrons. The average molecular weight is 872 g/mol. The van der Waals surface area contributed by atoms with Gasteiger partial charge in [0.15, 0.2) is 0 Å². The fourth-order valence-corrected chi connectivity index (χ4v) is 14.4. The summed E-state index contributed by atoms with van der Waals surface area (Å²) >= 11 is 0. The molecule has 0 radical (unpaired) electrons. The SMILES string of the molecule is CC(C)(C)C(C)(C)C(C)(C)C(C)(C)C(C)(C)C(C)(C)C(C)(C)C(C)(C)C(C)(C)C(C)(C)C(C)(C)C(C)(C)C(C)(C)C(C)(C)C(C)(C)C(C)(C)C(C)(C)C(C)(C)C(C)(C)C(C)(C)C. The number of hydrogen-bond donors (Lipinski definition) is 0. The summed E-state index contributed by atoms with van der Waals surface area (Å²) in [5, 5.41) is 0. The van der Waals surface area contributed by atoms with E-state index in [1.165, 1.54) is 0 Å². The van der Waals surface area contributed by atoms with E-state index in [1.54, 1.807) is 0 Å². The molecule has 0 N–H and O–H groups in total. The zero-order chi connectivity index (χ0) is 52.0. The Morgan fingerprint density at radius 3 is 0.177 bits per heavy atom. The first kappa shape index (κ1) is 62.0. The van der Waals surface area contributed by atoms with Crippen LogP contribution in [-0.2, 0) is 0 Å². The Balaban J connectivity index is 7.98. The fourth-order valence-electron chi connectivity index (χ4n) is 14.4. The Bertz CT molecular complexity index is 1450. The van der Waals surface area contributed by atoms with Gasteiger partial charge in [-0.25, -0.2) is 0 Å². The van der Waals surface area contributed by atoms with E-state index in [0.717, 1.165) is 0 Å². The van der Waals surface area contributed by atoms with E-state index < -0.39 is 0 Å². The zero-order valence-electron chi connectivity index (χ0n) is 52.0. The maximum absolute atomic E-state index is 2.65. The molecule has 0 unspecified atom stereocenters. The minimum absolute atomic E-state index is 0.0109. The van der Waals surface area contributed by atoms with Crippen LogP contribution in [0.3, 0.4) is 0 Å². The monoisotopic (exact) mass is 871 g/mol. The lowest BCUT2D eigenvalue weighted by Crippen LogP contribution is -2.68. The van der Waals surface area contributed by atoms with Crippen molar-refractivity contribution in [2.45, 2.75) is 291 Å². The lowest BCUT2D eigenvalue weighted by atomic mass is 9.30. The molecule has 0 aliphatic carbocycles. The van der Waals surface area contributed by atoms with Crippen molar-refractivity contribution < 1.29 is 0 Å². The van der Waals surface area contributed by atoms with Gasteiger partial charge in [0.05, 0.1) is 0 Å². The molecule has 0 saturated heterocycles. The third-order valence-electron chi connectivity index (χ3n) is 30.3. The molecule has 0 heteroatoms. The van der Waals surface area contributed by atoms with Gasteiger partial charge in [0, 0.05) is 0 Å². The molecule has 0 aliphatic rings. The zero-order valence-corrected chi connectivity index (χ0v) is 52.0. The molecule has 0 aliphatic heterocycles. The van der Waals surface area contributed by atoms with Crippen molar-refractivity contribution in [3.63, 3.8) is 0 Å². The molecule has 0 atom stereocenters. The summed E-state index contributed by atoms with van der Waals surface area (Å²) in [7, 11) is 0. The van der Waals surface area contributed by atoms with Crippen LogP contribution in [0.15, 0.2) is 0 Å². The van der Waals surface area contributed by atoms with Gasteiger partial charge in [0.25, 0.3) is 0 Å². The van der Waals surface area contributed by atoms with E-state index in [4.69, 9.17) is 0 Å². The second-order valence-corrected chi connectivity index (χ2v) is 33.8. The van der Waals surface area contributed by atoms with Gasteiger partial charge >= 0.3 is 0 Å². The Morgan fingerprint density at radius 1 is 0.0806 bits per heavy atom. The van der Waals surface area contributed by atoms with Gasteiger partial charge in [-0.2, -0.15) is 0 Å². The molecule has 0 heterocycles. The fraction of sp³-hybridized carbons (Fsp3) is 1.00. The molecule has 0 rings (SSSR count). The Hall–Kier alpha value is 0. The van der Waals surface area contributed by atoms with Gasteiger partial charge in [0.1, 0.15) is 0 Å². The molecule has 0 spiro atoms. The van der Waals surface area contributed by atoms with Crippen molar-refractivity contribution in [2.75, 3.05) is 0 Å². The van der Waals surface area contributed by atoms with Crippen molar-refractivity contribution in [1.29, 1.82) is 0 Å². The third kappa shape index (κ3) is 7.14. The minimum atomic E-state index is -0.0709. The van der Waals surface area contributed by atoms with Crippen LogP contribution < -0.4 is 0 Å². The molecule has 0 fully saturated rings. The highest BCUT2D eigenvalue weighted by Gasteiger charge is 2.72. The van der Waals surface area contributed by atoms with Crippen LogP contribution in [0, 0.1) is 108 Å². The van der Waals surface area contributed by atoms with E-state index >= 15 is 0 Å². The summed E-state index contributed by atoms with van der Waals surface area (Å²) in [6, 6.07) is 0. The summed E-state index contributed by atoms with van der Waals surface area (Å²) in [6.07, 6.45) is 0. The lowest BCUT2D eigenvalue weighted by Gasteiger charge is -2.75. The highest BCUT2D eigenvalue weighted by molar-refractivity contribution is 5.20. The summed E-state index contributed by atoms with van der Waals surface area (Å²) in [6.45, 7) is 109. The largest absolute Gasteiger partial charge is 0.0596 e. The van der Waals surface area contributed by atoms with Crippen molar-refractivity contribution in [1.82, 2.24) is 0 Å². The van der Waals surface area contributed by atoms with Gasteiger partial charge in [-0.3, -0.25) is 0 Å². The van der Waals surface area contributed by atoms with Crippen molar-refractivity contribution >= 4 is 0 Å². The predicted molar refractivity (Wildman–Crippen MR) is 287 cm³/mol. The summed E-state index contributed by atoms with van der Waals surface area (Å²) in [5.74, 6) is 0. The van der Waals surface area contributed by atoms with Gasteiger partial charge in [-0.15, -0.1) is 0 Å².